The lowest BCUT2D eigenvalue weighted by atomic mass is 9.43. The SMILES string of the molecule is Cc1ccc(C23C[C@H]4C[C@@H](CC(CNC(=O)[C@]5(C)CC5(Cl)Cl)(C4)C2)C3)cc1C. The molecule has 0 saturated heterocycles. The van der Waals surface area contributed by atoms with E-state index in [4.69, 9.17) is 23.2 Å². The minimum Gasteiger partial charge on any atom is -0.355 e. The van der Waals surface area contributed by atoms with Crippen LogP contribution in [0.5, 0.6) is 0 Å². The normalized spacial score (nSPS) is 42.5. The van der Waals surface area contributed by atoms with Crippen LogP contribution < -0.4 is 5.32 Å². The third-order valence-electron chi connectivity index (χ3n) is 8.68. The Bertz CT molecular complexity index is 833. The van der Waals surface area contributed by atoms with Crippen LogP contribution in [-0.4, -0.2) is 16.8 Å². The monoisotopic (exact) mass is 419 g/mol. The number of nitrogens with one attached hydrogen (secondary N) is 1. The number of halogens is 2. The zero-order valence-electron chi connectivity index (χ0n) is 17.2. The van der Waals surface area contributed by atoms with Crippen LogP contribution in [0.3, 0.4) is 0 Å². The van der Waals surface area contributed by atoms with Crippen molar-refractivity contribution in [2.45, 2.75) is 75.5 Å². The molecule has 1 N–H and O–H groups in total. The second kappa shape index (κ2) is 5.91. The fraction of sp³-hybridized carbons (Fsp3) is 0.708. The molecule has 0 unspecified atom stereocenters. The quantitative estimate of drug-likeness (QED) is 0.609. The number of carbonyl (C=O) groups is 1. The number of aryl methyl sites for hydroxylation is 2. The van der Waals surface area contributed by atoms with Gasteiger partial charge in [0, 0.05) is 6.54 Å². The van der Waals surface area contributed by atoms with Gasteiger partial charge in [0.05, 0.1) is 5.41 Å². The van der Waals surface area contributed by atoms with Crippen LogP contribution >= 0.6 is 23.2 Å². The molecular formula is C24H31Cl2NO. The van der Waals surface area contributed by atoms with E-state index in [-0.39, 0.29) is 11.3 Å². The molecule has 0 heterocycles. The van der Waals surface area contributed by atoms with E-state index in [1.54, 1.807) is 0 Å². The third kappa shape index (κ3) is 2.77. The van der Waals surface area contributed by atoms with Gasteiger partial charge in [-0.1, -0.05) is 18.2 Å². The third-order valence-corrected chi connectivity index (χ3v) is 9.79. The molecule has 5 aliphatic carbocycles. The molecule has 0 aliphatic heterocycles. The molecule has 4 heteroatoms. The maximum atomic E-state index is 12.8. The lowest BCUT2D eigenvalue weighted by Crippen LogP contribution is -2.57. The van der Waals surface area contributed by atoms with E-state index in [9.17, 15) is 4.79 Å². The van der Waals surface area contributed by atoms with Gasteiger partial charge >= 0.3 is 0 Å². The molecule has 6 rings (SSSR count). The van der Waals surface area contributed by atoms with Crippen LogP contribution in [0.4, 0.5) is 0 Å². The number of benzene rings is 1. The molecule has 4 bridgehead atoms. The first-order valence-corrected chi connectivity index (χ1v) is 11.6. The van der Waals surface area contributed by atoms with Gasteiger partial charge in [-0.25, -0.2) is 0 Å². The van der Waals surface area contributed by atoms with Gasteiger partial charge in [-0.15, -0.1) is 23.2 Å². The van der Waals surface area contributed by atoms with Crippen molar-refractivity contribution in [1.82, 2.24) is 5.32 Å². The molecule has 5 saturated carbocycles. The first kappa shape index (κ1) is 19.2. The fourth-order valence-electron chi connectivity index (χ4n) is 7.18. The van der Waals surface area contributed by atoms with Crippen molar-refractivity contribution in [3.63, 3.8) is 0 Å². The van der Waals surface area contributed by atoms with Gasteiger partial charge in [0.15, 0.2) is 0 Å². The predicted octanol–water partition coefficient (Wildman–Crippen LogP) is 5.84. The Labute approximate surface area is 178 Å². The lowest BCUT2D eigenvalue weighted by Gasteiger charge is -2.62. The summed E-state index contributed by atoms with van der Waals surface area (Å²) in [7, 11) is 0. The molecule has 1 aromatic carbocycles. The van der Waals surface area contributed by atoms with E-state index < -0.39 is 9.75 Å². The van der Waals surface area contributed by atoms with Crippen LogP contribution in [0.15, 0.2) is 18.2 Å². The van der Waals surface area contributed by atoms with Crippen molar-refractivity contribution in [1.29, 1.82) is 0 Å². The second-order valence-corrected chi connectivity index (χ2v) is 12.4. The Morgan fingerprint density at radius 2 is 1.71 bits per heavy atom. The predicted molar refractivity (Wildman–Crippen MR) is 115 cm³/mol. The van der Waals surface area contributed by atoms with Crippen LogP contribution in [0.25, 0.3) is 0 Å². The molecule has 3 atom stereocenters. The lowest BCUT2D eigenvalue weighted by molar-refractivity contribution is -0.128. The van der Waals surface area contributed by atoms with Crippen molar-refractivity contribution >= 4 is 29.1 Å². The number of rotatable bonds is 4. The van der Waals surface area contributed by atoms with Gasteiger partial charge in [-0.3, -0.25) is 4.79 Å². The highest BCUT2D eigenvalue weighted by Gasteiger charge is 2.68. The highest BCUT2D eigenvalue weighted by atomic mass is 35.5. The second-order valence-electron chi connectivity index (χ2n) is 10.9. The summed E-state index contributed by atoms with van der Waals surface area (Å²) in [5.41, 5.74) is 4.24. The maximum absolute atomic E-state index is 12.8. The fourth-order valence-corrected chi connectivity index (χ4v) is 7.88. The molecule has 5 aliphatic rings. The summed E-state index contributed by atoms with van der Waals surface area (Å²) in [6.45, 7) is 7.10. The number of alkyl halides is 2. The van der Waals surface area contributed by atoms with Crippen molar-refractivity contribution in [3.8, 4) is 0 Å². The van der Waals surface area contributed by atoms with E-state index >= 15 is 0 Å². The molecule has 0 spiro atoms. The highest BCUT2D eigenvalue weighted by molar-refractivity contribution is 6.53. The molecular weight excluding hydrogens is 389 g/mol. The Hall–Kier alpha value is -0.730. The molecule has 1 amide bonds. The summed E-state index contributed by atoms with van der Waals surface area (Å²) in [5, 5.41) is 3.28. The summed E-state index contributed by atoms with van der Waals surface area (Å²) in [6, 6.07) is 7.11. The van der Waals surface area contributed by atoms with Crippen LogP contribution in [0, 0.1) is 36.5 Å². The number of hydrogen-bond acceptors (Lipinski definition) is 1. The van der Waals surface area contributed by atoms with Gasteiger partial charge in [0.25, 0.3) is 0 Å². The average Bonchev–Trinajstić information content (AvgIpc) is 3.13. The van der Waals surface area contributed by atoms with E-state index in [1.807, 2.05) is 6.92 Å². The maximum Gasteiger partial charge on any atom is 0.229 e. The van der Waals surface area contributed by atoms with Gasteiger partial charge in [0.2, 0.25) is 5.91 Å². The molecule has 0 radical (unpaired) electrons. The first-order chi connectivity index (χ1) is 13.1. The smallest absolute Gasteiger partial charge is 0.229 e. The minimum absolute atomic E-state index is 0.0356. The Kier molecular flexibility index (Phi) is 4.06. The summed E-state index contributed by atoms with van der Waals surface area (Å²) in [4.78, 5) is 12.8. The molecule has 1 aromatic rings. The van der Waals surface area contributed by atoms with E-state index in [2.05, 4.69) is 37.4 Å². The van der Waals surface area contributed by atoms with Gasteiger partial charge < -0.3 is 5.32 Å². The van der Waals surface area contributed by atoms with Crippen molar-refractivity contribution in [2.24, 2.45) is 22.7 Å². The summed E-state index contributed by atoms with van der Waals surface area (Å²) in [6.07, 6.45) is 8.32. The largest absolute Gasteiger partial charge is 0.355 e. The highest BCUT2D eigenvalue weighted by Crippen LogP contribution is 2.66. The topological polar surface area (TPSA) is 29.1 Å². The van der Waals surface area contributed by atoms with Crippen LogP contribution in [0.1, 0.15) is 68.6 Å². The molecule has 5 fully saturated rings. The average molecular weight is 420 g/mol. The minimum atomic E-state index is -0.890. The molecule has 152 valence electrons. The van der Waals surface area contributed by atoms with Gasteiger partial charge in [-0.05, 0) is 105 Å². The van der Waals surface area contributed by atoms with E-state index in [0.717, 1.165) is 18.4 Å². The van der Waals surface area contributed by atoms with Gasteiger partial charge in [-0.2, -0.15) is 0 Å². The van der Waals surface area contributed by atoms with Crippen LogP contribution in [-0.2, 0) is 10.2 Å². The standard InChI is InChI=1S/C24H31Cl2NO/c1-15-4-5-19(6-16(15)2)23-10-17-7-18(11-23)9-22(8-17,13-23)14-27-20(28)21(3)12-24(21,25)26/h4-6,17-18H,7-14H2,1-3H3,(H,27,28)/t17-,18-,21-,22?,23?/m0/s1. The summed E-state index contributed by atoms with van der Waals surface area (Å²) >= 11 is 12.5. The number of carbonyl (C=O) groups excluding carboxylic acids is 1. The van der Waals surface area contributed by atoms with Crippen LogP contribution in [0.2, 0.25) is 0 Å². The van der Waals surface area contributed by atoms with Crippen molar-refractivity contribution < 1.29 is 4.79 Å². The Morgan fingerprint density at radius 1 is 1.07 bits per heavy atom. The van der Waals surface area contributed by atoms with Crippen molar-refractivity contribution in [2.75, 3.05) is 6.54 Å². The molecule has 28 heavy (non-hydrogen) atoms. The Morgan fingerprint density at radius 3 is 2.29 bits per heavy atom. The first-order valence-electron chi connectivity index (χ1n) is 10.8. The zero-order chi connectivity index (χ0) is 19.9. The molecule has 0 aromatic heterocycles. The number of hydrogen-bond donors (Lipinski definition) is 1. The van der Waals surface area contributed by atoms with Gasteiger partial charge in [0.1, 0.15) is 4.33 Å². The van der Waals surface area contributed by atoms with E-state index in [0.29, 0.717) is 11.8 Å². The van der Waals surface area contributed by atoms with Crippen molar-refractivity contribution in [3.05, 3.63) is 34.9 Å². The summed E-state index contributed by atoms with van der Waals surface area (Å²) in [5.74, 6) is 1.64. The zero-order valence-corrected chi connectivity index (χ0v) is 18.7. The number of amides is 1. The Balaban J connectivity index is 1.39. The van der Waals surface area contributed by atoms with E-state index in [1.165, 1.54) is 55.2 Å². The summed E-state index contributed by atoms with van der Waals surface area (Å²) < 4.78 is -0.890. The molecule has 2 nitrogen and oxygen atoms in total.